The van der Waals surface area contributed by atoms with Crippen molar-refractivity contribution in [2.45, 2.75) is 51.1 Å². The molecule has 140 valence electrons. The van der Waals surface area contributed by atoms with Gasteiger partial charge in [-0.25, -0.2) is 0 Å². The van der Waals surface area contributed by atoms with Crippen molar-refractivity contribution in [2.24, 2.45) is 0 Å². The first kappa shape index (κ1) is 18.6. The quantitative estimate of drug-likeness (QED) is 0.729. The number of rotatable bonds is 8. The summed E-state index contributed by atoms with van der Waals surface area (Å²) in [5, 5.41) is 2.90. The number of methoxy groups -OCH3 is 1. The van der Waals surface area contributed by atoms with Gasteiger partial charge in [-0.3, -0.25) is 9.59 Å². The highest BCUT2D eigenvalue weighted by molar-refractivity contribution is 6.02. The lowest BCUT2D eigenvalue weighted by atomic mass is 9.88. The van der Waals surface area contributed by atoms with E-state index in [0.717, 1.165) is 43.2 Å². The summed E-state index contributed by atoms with van der Waals surface area (Å²) >= 11 is 0. The molecule has 1 saturated carbocycles. The number of benzene rings is 1. The van der Waals surface area contributed by atoms with Crippen molar-refractivity contribution < 1.29 is 14.3 Å². The van der Waals surface area contributed by atoms with Crippen molar-refractivity contribution in [3.63, 3.8) is 0 Å². The number of hydrogen-bond acceptors (Lipinski definition) is 3. The summed E-state index contributed by atoms with van der Waals surface area (Å²) in [6.45, 7) is 1.83. The van der Waals surface area contributed by atoms with Gasteiger partial charge in [0.25, 0.3) is 5.91 Å². The van der Waals surface area contributed by atoms with Crippen molar-refractivity contribution in [3.05, 3.63) is 47.0 Å². The summed E-state index contributed by atoms with van der Waals surface area (Å²) in [4.78, 5) is 27.3. The molecular formula is C21H28N2O3. The first-order valence-corrected chi connectivity index (χ1v) is 9.53. The molecule has 1 aromatic carbocycles. The highest BCUT2D eigenvalue weighted by Gasteiger charge is 2.40. The fraction of sp³-hybridized carbons (Fsp3) is 0.524. The van der Waals surface area contributed by atoms with Crippen molar-refractivity contribution in [3.8, 4) is 0 Å². The zero-order chi connectivity index (χ0) is 18.4. The Kier molecular flexibility index (Phi) is 6.45. The van der Waals surface area contributed by atoms with Crippen LogP contribution in [0.3, 0.4) is 0 Å². The van der Waals surface area contributed by atoms with Crippen LogP contribution < -0.4 is 5.32 Å². The molecule has 5 nitrogen and oxygen atoms in total. The molecule has 0 spiro atoms. The largest absolute Gasteiger partial charge is 0.385 e. The van der Waals surface area contributed by atoms with Crippen LogP contribution in [0.4, 0.5) is 0 Å². The number of ether oxygens (including phenoxy) is 1. The third kappa shape index (κ3) is 4.33. The molecule has 1 aromatic rings. The van der Waals surface area contributed by atoms with Crippen LogP contribution in [0, 0.1) is 0 Å². The predicted octanol–water partition coefficient (Wildman–Crippen LogP) is 2.81. The van der Waals surface area contributed by atoms with Gasteiger partial charge < -0.3 is 15.0 Å². The molecule has 1 aliphatic heterocycles. The first-order valence-electron chi connectivity index (χ1n) is 9.53. The molecule has 0 aromatic heterocycles. The normalized spacial score (nSPS) is 19.7. The second-order valence-electron chi connectivity index (χ2n) is 7.06. The number of fused-ring (bicyclic) bond motifs is 1. The third-order valence-electron chi connectivity index (χ3n) is 5.24. The van der Waals surface area contributed by atoms with Gasteiger partial charge in [-0.15, -0.1) is 0 Å². The first-order chi connectivity index (χ1) is 12.7. The maximum atomic E-state index is 13.1. The molecule has 1 N–H and O–H groups in total. The van der Waals surface area contributed by atoms with E-state index in [1.807, 2.05) is 23.1 Å². The highest BCUT2D eigenvalue weighted by Crippen LogP contribution is 2.38. The fourth-order valence-corrected chi connectivity index (χ4v) is 3.96. The lowest BCUT2D eigenvalue weighted by Crippen LogP contribution is -2.36. The third-order valence-corrected chi connectivity index (χ3v) is 5.24. The van der Waals surface area contributed by atoms with Gasteiger partial charge in [0.15, 0.2) is 0 Å². The average molecular weight is 356 g/mol. The van der Waals surface area contributed by atoms with Gasteiger partial charge in [0.2, 0.25) is 5.91 Å². The van der Waals surface area contributed by atoms with Crippen LogP contribution in [0.1, 0.15) is 44.1 Å². The molecule has 0 bridgehead atoms. The smallest absolute Gasteiger partial charge is 0.251 e. The Morgan fingerprint density at radius 1 is 1.27 bits per heavy atom. The van der Waals surface area contributed by atoms with Crippen LogP contribution in [0.2, 0.25) is 0 Å². The van der Waals surface area contributed by atoms with Gasteiger partial charge in [0, 0.05) is 32.4 Å². The van der Waals surface area contributed by atoms with E-state index < -0.39 is 0 Å². The van der Waals surface area contributed by atoms with Crippen molar-refractivity contribution in [2.75, 3.05) is 20.3 Å². The minimum atomic E-state index is -0.0668. The van der Waals surface area contributed by atoms with Crippen molar-refractivity contribution >= 4 is 11.8 Å². The average Bonchev–Trinajstić information content (AvgIpc) is 2.92. The van der Waals surface area contributed by atoms with Crippen LogP contribution in [0.25, 0.3) is 0 Å². The molecule has 1 unspecified atom stereocenters. The molecule has 26 heavy (non-hydrogen) atoms. The molecule has 2 amide bonds. The lowest BCUT2D eigenvalue weighted by molar-refractivity contribution is -0.129. The fourth-order valence-electron chi connectivity index (χ4n) is 3.96. The van der Waals surface area contributed by atoms with E-state index in [-0.39, 0.29) is 24.3 Å². The van der Waals surface area contributed by atoms with Crippen LogP contribution in [0.15, 0.2) is 41.5 Å². The summed E-state index contributed by atoms with van der Waals surface area (Å²) in [7, 11) is 1.65. The van der Waals surface area contributed by atoms with Crippen molar-refractivity contribution in [1.82, 2.24) is 10.2 Å². The van der Waals surface area contributed by atoms with Gasteiger partial charge in [0.1, 0.15) is 0 Å². The lowest BCUT2D eigenvalue weighted by Gasteiger charge is -2.30. The summed E-state index contributed by atoms with van der Waals surface area (Å²) in [5.41, 5.74) is 3.06. The van der Waals surface area contributed by atoms with Crippen LogP contribution in [0.5, 0.6) is 0 Å². The summed E-state index contributed by atoms with van der Waals surface area (Å²) in [5.74, 6) is -0.0226. The molecule has 0 saturated heterocycles. The second kappa shape index (κ2) is 8.99. The van der Waals surface area contributed by atoms with Crippen LogP contribution in [-0.4, -0.2) is 43.0 Å². The number of carbonyl (C=O) groups excluding carboxylic acids is 2. The summed E-state index contributed by atoms with van der Waals surface area (Å²) < 4.78 is 4.99. The van der Waals surface area contributed by atoms with E-state index in [2.05, 4.69) is 17.4 Å². The van der Waals surface area contributed by atoms with E-state index in [9.17, 15) is 9.59 Å². The number of amides is 2. The molecule has 0 radical (unpaired) electrons. The van der Waals surface area contributed by atoms with Crippen LogP contribution in [-0.2, 0) is 20.9 Å². The number of nitrogens with zero attached hydrogens (tertiary/aromatic N) is 1. The van der Waals surface area contributed by atoms with Gasteiger partial charge in [-0.2, -0.15) is 0 Å². The Bertz CT molecular complexity index is 669. The van der Waals surface area contributed by atoms with Gasteiger partial charge >= 0.3 is 0 Å². The minimum absolute atomic E-state index is 0.0443. The second-order valence-corrected chi connectivity index (χ2v) is 7.06. The maximum Gasteiger partial charge on any atom is 0.251 e. The summed E-state index contributed by atoms with van der Waals surface area (Å²) in [6, 6.07) is 10.3. The SMILES string of the molecule is COCCCNC(=O)CC1=C2CCCCC2N(Cc2ccccc2)C1=O. The van der Waals surface area contributed by atoms with E-state index in [1.54, 1.807) is 7.11 Å². The predicted molar refractivity (Wildman–Crippen MR) is 100 cm³/mol. The standard InChI is InChI=1S/C21H28N2O3/c1-26-13-7-12-22-20(24)14-18-17-10-5-6-11-19(17)23(21(18)25)15-16-8-3-2-4-9-16/h2-4,8-9,19H,5-7,10-15H2,1H3,(H,22,24). The Hall–Kier alpha value is -2.14. The van der Waals surface area contributed by atoms with E-state index >= 15 is 0 Å². The van der Waals surface area contributed by atoms with Crippen molar-refractivity contribution in [1.29, 1.82) is 0 Å². The number of hydrogen-bond donors (Lipinski definition) is 1. The van der Waals surface area contributed by atoms with Gasteiger partial charge in [-0.05, 0) is 36.8 Å². The zero-order valence-corrected chi connectivity index (χ0v) is 15.5. The molecule has 5 heteroatoms. The topological polar surface area (TPSA) is 58.6 Å². The Balaban J connectivity index is 1.67. The molecule has 2 aliphatic rings. The monoisotopic (exact) mass is 356 g/mol. The molecule has 1 fully saturated rings. The summed E-state index contributed by atoms with van der Waals surface area (Å²) in [6.07, 6.45) is 5.18. The Labute approximate surface area is 155 Å². The van der Waals surface area contributed by atoms with E-state index in [4.69, 9.17) is 4.74 Å². The molecule has 1 heterocycles. The zero-order valence-electron chi connectivity index (χ0n) is 15.5. The van der Waals surface area contributed by atoms with Gasteiger partial charge in [0.05, 0.1) is 12.5 Å². The van der Waals surface area contributed by atoms with Gasteiger partial charge in [-0.1, -0.05) is 36.8 Å². The molecular weight excluding hydrogens is 328 g/mol. The van der Waals surface area contributed by atoms with E-state index in [0.29, 0.717) is 19.7 Å². The molecule has 1 aliphatic carbocycles. The Morgan fingerprint density at radius 2 is 2.08 bits per heavy atom. The number of carbonyl (C=O) groups is 2. The van der Waals surface area contributed by atoms with E-state index in [1.165, 1.54) is 5.57 Å². The van der Waals surface area contributed by atoms with Crippen LogP contribution >= 0.6 is 0 Å². The highest BCUT2D eigenvalue weighted by atomic mass is 16.5. The minimum Gasteiger partial charge on any atom is -0.385 e. The maximum absolute atomic E-state index is 13.1. The molecule has 3 rings (SSSR count). The molecule has 1 atom stereocenters. The Morgan fingerprint density at radius 3 is 2.85 bits per heavy atom. The number of nitrogens with one attached hydrogen (secondary N) is 1.